The first-order valence-electron chi connectivity index (χ1n) is 7.53. The van der Waals surface area contributed by atoms with Gasteiger partial charge < -0.3 is 15.7 Å². The van der Waals surface area contributed by atoms with Crippen molar-refractivity contribution in [3.8, 4) is 6.07 Å². The second-order valence-corrected chi connectivity index (χ2v) is 5.29. The van der Waals surface area contributed by atoms with Gasteiger partial charge in [0.25, 0.3) is 5.91 Å². The number of rotatable bonds is 6. The number of ketones is 1. The Bertz CT molecular complexity index is 925. The van der Waals surface area contributed by atoms with E-state index in [2.05, 4.69) is 10.6 Å². The predicted octanol–water partition coefficient (Wildman–Crippen LogP) is 3.05. The summed E-state index contributed by atoms with van der Waals surface area (Å²) in [6, 6.07) is 14.0. The first-order chi connectivity index (χ1) is 12.4. The summed E-state index contributed by atoms with van der Waals surface area (Å²) in [5, 5.41) is 23.3. The molecule has 0 atom stereocenters. The molecule has 0 fully saturated rings. The monoisotopic (exact) mass is 349 g/mol. The molecule has 0 aliphatic heterocycles. The van der Waals surface area contributed by atoms with E-state index in [4.69, 9.17) is 10.4 Å². The van der Waals surface area contributed by atoms with Crippen LogP contribution in [0.4, 0.5) is 11.4 Å². The molecule has 0 aliphatic carbocycles. The van der Waals surface area contributed by atoms with Gasteiger partial charge in [-0.15, -0.1) is 0 Å². The minimum atomic E-state index is -1.04. The molecular weight excluding hydrogens is 334 g/mol. The number of anilines is 2. The lowest BCUT2D eigenvalue weighted by Crippen LogP contribution is -2.14. The molecule has 0 radical (unpaired) electrons. The molecule has 7 nitrogen and oxygen atoms in total. The highest BCUT2D eigenvalue weighted by atomic mass is 16.4. The maximum Gasteiger partial charge on any atom is 0.335 e. The Hall–Kier alpha value is -3.92. The summed E-state index contributed by atoms with van der Waals surface area (Å²) in [5.74, 6) is -1.82. The minimum absolute atomic E-state index is 0.128. The van der Waals surface area contributed by atoms with Gasteiger partial charge in [0.1, 0.15) is 11.6 Å². The van der Waals surface area contributed by atoms with Gasteiger partial charge in [-0.2, -0.15) is 5.26 Å². The summed E-state index contributed by atoms with van der Waals surface area (Å²) in [6.45, 7) is 1.42. The van der Waals surface area contributed by atoms with Gasteiger partial charge in [-0.1, -0.05) is 12.1 Å². The van der Waals surface area contributed by atoms with Crippen molar-refractivity contribution in [3.05, 3.63) is 71.4 Å². The standard InChI is InChI=1S/C19H15N3O4/c1-12(23)14-3-2-4-17(9-14)22-18(24)15(10-20)11-21-16-7-5-13(6-8-16)19(25)26/h2-9,11,21H,1H3,(H,22,24)(H,25,26)/b15-11-. The Labute approximate surface area is 149 Å². The fourth-order valence-corrected chi connectivity index (χ4v) is 2.03. The lowest BCUT2D eigenvalue weighted by Gasteiger charge is -2.06. The Morgan fingerprint density at radius 3 is 2.31 bits per heavy atom. The average molecular weight is 349 g/mol. The highest BCUT2D eigenvalue weighted by Gasteiger charge is 2.10. The zero-order valence-electron chi connectivity index (χ0n) is 13.8. The third-order valence-corrected chi connectivity index (χ3v) is 3.41. The number of hydrogen-bond donors (Lipinski definition) is 3. The first-order valence-corrected chi connectivity index (χ1v) is 7.53. The third kappa shape index (κ3) is 4.79. The van der Waals surface area contributed by atoms with Crippen LogP contribution in [0, 0.1) is 11.3 Å². The van der Waals surface area contributed by atoms with Crippen molar-refractivity contribution in [1.29, 1.82) is 5.26 Å². The Kier molecular flexibility index (Phi) is 5.85. The van der Waals surface area contributed by atoms with E-state index in [1.165, 1.54) is 43.5 Å². The zero-order valence-corrected chi connectivity index (χ0v) is 13.8. The molecule has 0 bridgehead atoms. The first kappa shape index (κ1) is 18.4. The van der Waals surface area contributed by atoms with Crippen molar-refractivity contribution >= 4 is 29.0 Å². The number of carboxylic acids is 1. The largest absolute Gasteiger partial charge is 0.478 e. The van der Waals surface area contributed by atoms with Gasteiger partial charge >= 0.3 is 5.97 Å². The van der Waals surface area contributed by atoms with Crippen LogP contribution in [0.2, 0.25) is 0 Å². The van der Waals surface area contributed by atoms with Crippen LogP contribution < -0.4 is 10.6 Å². The number of carboxylic acid groups (broad SMARTS) is 1. The molecule has 1 amide bonds. The number of aromatic carboxylic acids is 1. The number of nitriles is 1. The number of carbonyl (C=O) groups excluding carboxylic acids is 2. The van der Waals surface area contributed by atoms with Crippen LogP contribution >= 0.6 is 0 Å². The van der Waals surface area contributed by atoms with E-state index in [0.717, 1.165) is 0 Å². The van der Waals surface area contributed by atoms with E-state index in [9.17, 15) is 14.4 Å². The molecule has 130 valence electrons. The summed E-state index contributed by atoms with van der Waals surface area (Å²) < 4.78 is 0. The smallest absolute Gasteiger partial charge is 0.335 e. The van der Waals surface area contributed by atoms with Gasteiger partial charge in [-0.3, -0.25) is 9.59 Å². The molecule has 0 aromatic heterocycles. The average Bonchev–Trinajstić information content (AvgIpc) is 2.62. The Morgan fingerprint density at radius 1 is 1.04 bits per heavy atom. The van der Waals surface area contributed by atoms with Gasteiger partial charge in [0.15, 0.2) is 5.78 Å². The zero-order chi connectivity index (χ0) is 19.1. The van der Waals surface area contributed by atoms with E-state index in [-0.39, 0.29) is 16.9 Å². The van der Waals surface area contributed by atoms with Crippen LogP contribution in [-0.2, 0) is 4.79 Å². The summed E-state index contributed by atoms with van der Waals surface area (Å²) in [4.78, 5) is 34.4. The summed E-state index contributed by atoms with van der Waals surface area (Å²) in [5.41, 5.74) is 1.31. The highest BCUT2D eigenvalue weighted by molar-refractivity contribution is 6.07. The second-order valence-electron chi connectivity index (χ2n) is 5.29. The van der Waals surface area contributed by atoms with Crippen LogP contribution in [0.25, 0.3) is 0 Å². The van der Waals surface area contributed by atoms with Gasteiger partial charge in [-0.25, -0.2) is 4.79 Å². The van der Waals surface area contributed by atoms with Crippen LogP contribution in [0.1, 0.15) is 27.6 Å². The van der Waals surface area contributed by atoms with Crippen molar-refractivity contribution in [3.63, 3.8) is 0 Å². The van der Waals surface area contributed by atoms with Gasteiger partial charge in [0.2, 0.25) is 0 Å². The molecule has 26 heavy (non-hydrogen) atoms. The lowest BCUT2D eigenvalue weighted by molar-refractivity contribution is -0.112. The maximum atomic E-state index is 12.2. The molecule has 0 aliphatic rings. The maximum absolute atomic E-state index is 12.2. The summed E-state index contributed by atoms with van der Waals surface area (Å²) >= 11 is 0. The molecule has 7 heteroatoms. The van der Waals surface area contributed by atoms with Crippen LogP contribution in [0.5, 0.6) is 0 Å². The van der Waals surface area contributed by atoms with Gasteiger partial charge in [-0.05, 0) is 43.3 Å². The number of benzene rings is 2. The molecule has 3 N–H and O–H groups in total. The molecule has 0 saturated heterocycles. The minimum Gasteiger partial charge on any atom is -0.478 e. The lowest BCUT2D eigenvalue weighted by atomic mass is 10.1. The number of nitrogens with one attached hydrogen (secondary N) is 2. The van der Waals surface area contributed by atoms with Crippen LogP contribution in [0.3, 0.4) is 0 Å². The SMILES string of the molecule is CC(=O)c1cccc(NC(=O)/C(C#N)=C\Nc2ccc(C(=O)O)cc2)c1. The molecule has 2 aromatic rings. The number of hydrogen-bond acceptors (Lipinski definition) is 5. The van der Waals surface area contributed by atoms with Gasteiger partial charge in [0, 0.05) is 23.1 Å². The molecule has 2 rings (SSSR count). The number of Topliss-reactive ketones (excluding diaryl/α,β-unsaturated/α-hetero) is 1. The van der Waals surface area contributed by atoms with Crippen molar-refractivity contribution in [2.75, 3.05) is 10.6 Å². The van der Waals surface area contributed by atoms with Crippen molar-refractivity contribution in [2.45, 2.75) is 6.92 Å². The molecule has 0 heterocycles. The molecular formula is C19H15N3O4. The Morgan fingerprint density at radius 2 is 1.73 bits per heavy atom. The normalized spacial score (nSPS) is 10.5. The molecule has 2 aromatic carbocycles. The van der Waals surface area contributed by atoms with E-state index < -0.39 is 11.9 Å². The molecule has 0 spiro atoms. The number of carbonyl (C=O) groups is 3. The second kappa shape index (κ2) is 8.26. The summed E-state index contributed by atoms with van der Waals surface area (Å²) in [7, 11) is 0. The van der Waals surface area contributed by atoms with E-state index in [0.29, 0.717) is 16.9 Å². The summed E-state index contributed by atoms with van der Waals surface area (Å²) in [6.07, 6.45) is 1.22. The Balaban J connectivity index is 2.09. The van der Waals surface area contributed by atoms with E-state index >= 15 is 0 Å². The van der Waals surface area contributed by atoms with Gasteiger partial charge in [0.05, 0.1) is 5.56 Å². The quantitative estimate of drug-likeness (QED) is 0.419. The van der Waals surface area contributed by atoms with Crippen molar-refractivity contribution in [2.24, 2.45) is 0 Å². The fourth-order valence-electron chi connectivity index (χ4n) is 2.03. The van der Waals surface area contributed by atoms with Crippen LogP contribution in [-0.4, -0.2) is 22.8 Å². The number of amides is 1. The van der Waals surface area contributed by atoms with Crippen molar-refractivity contribution < 1.29 is 19.5 Å². The van der Waals surface area contributed by atoms with Crippen LogP contribution in [0.15, 0.2) is 60.3 Å². The fraction of sp³-hybridized carbons (Fsp3) is 0.0526. The van der Waals surface area contributed by atoms with Crippen molar-refractivity contribution in [1.82, 2.24) is 0 Å². The third-order valence-electron chi connectivity index (χ3n) is 3.41. The number of nitrogens with zero attached hydrogens (tertiary/aromatic N) is 1. The van der Waals surface area contributed by atoms with E-state index in [1.54, 1.807) is 24.3 Å². The molecule has 0 unspecified atom stereocenters. The topological polar surface area (TPSA) is 119 Å². The predicted molar refractivity (Wildman–Crippen MR) is 95.8 cm³/mol. The van der Waals surface area contributed by atoms with E-state index in [1.807, 2.05) is 0 Å². The molecule has 0 saturated carbocycles. The highest BCUT2D eigenvalue weighted by Crippen LogP contribution is 2.13.